The van der Waals surface area contributed by atoms with Gasteiger partial charge in [0.05, 0.1) is 22.1 Å². The van der Waals surface area contributed by atoms with E-state index < -0.39 is 0 Å². The zero-order valence-electron chi connectivity index (χ0n) is 13.6. The van der Waals surface area contributed by atoms with Crippen molar-refractivity contribution in [3.63, 3.8) is 0 Å². The minimum Gasteiger partial charge on any atom is -0.280 e. The summed E-state index contributed by atoms with van der Waals surface area (Å²) < 4.78 is 0. The molecular weight excluding hydrogens is 350 g/mol. The zero-order valence-corrected chi connectivity index (χ0v) is 14.4. The van der Waals surface area contributed by atoms with Crippen molar-refractivity contribution >= 4 is 41.0 Å². The molecule has 0 radical (unpaired) electrons. The summed E-state index contributed by atoms with van der Waals surface area (Å²) in [4.78, 5) is 46.0. The third-order valence-electron chi connectivity index (χ3n) is 4.76. The van der Waals surface area contributed by atoms with Crippen molar-refractivity contribution in [2.75, 3.05) is 6.67 Å². The van der Waals surface area contributed by atoms with Crippen molar-refractivity contribution in [2.45, 2.75) is 16.6 Å². The first-order chi connectivity index (χ1) is 12.6. The number of hydrogen-bond acceptors (Lipinski definition) is 5. The zero-order chi connectivity index (χ0) is 17.8. The van der Waals surface area contributed by atoms with E-state index >= 15 is 0 Å². The van der Waals surface area contributed by atoms with Gasteiger partial charge >= 0.3 is 0 Å². The molecule has 3 heterocycles. The predicted octanol–water partition coefficient (Wildman–Crippen LogP) is 2.68. The average Bonchev–Trinajstić information content (AvgIpc) is 3.09. The molecule has 0 aromatic heterocycles. The maximum absolute atomic E-state index is 12.6. The van der Waals surface area contributed by atoms with Crippen LogP contribution in [0.5, 0.6) is 0 Å². The van der Waals surface area contributed by atoms with Crippen LogP contribution >= 0.6 is 11.8 Å². The van der Waals surface area contributed by atoms with Gasteiger partial charge in [-0.25, -0.2) is 4.99 Å². The second-order valence-electron chi connectivity index (χ2n) is 6.30. The molecule has 3 aliphatic heterocycles. The molecule has 0 bridgehead atoms. The van der Waals surface area contributed by atoms with Gasteiger partial charge in [-0.2, -0.15) is 0 Å². The molecule has 0 aliphatic carbocycles. The van der Waals surface area contributed by atoms with Crippen LogP contribution in [-0.4, -0.2) is 45.3 Å². The number of hydrogen-bond donors (Lipinski definition) is 0. The fraction of sp³-hybridized carbons (Fsp3) is 0.158. The molecule has 0 unspecified atom stereocenters. The molecule has 1 atom stereocenters. The van der Waals surface area contributed by atoms with Crippen LogP contribution in [0.25, 0.3) is 0 Å². The molecule has 128 valence electrons. The maximum atomic E-state index is 12.6. The fourth-order valence-electron chi connectivity index (χ4n) is 3.47. The topological polar surface area (TPSA) is 70.1 Å². The van der Waals surface area contributed by atoms with Gasteiger partial charge in [-0.3, -0.25) is 24.2 Å². The number of rotatable bonds is 2. The van der Waals surface area contributed by atoms with Crippen LogP contribution in [0.3, 0.4) is 0 Å². The van der Waals surface area contributed by atoms with Crippen LogP contribution in [0.2, 0.25) is 0 Å². The molecule has 5 rings (SSSR count). The molecule has 1 saturated heterocycles. The van der Waals surface area contributed by atoms with Crippen LogP contribution in [0.4, 0.5) is 5.69 Å². The Bertz CT molecular complexity index is 982. The van der Waals surface area contributed by atoms with E-state index in [0.717, 1.165) is 15.5 Å². The second kappa shape index (κ2) is 5.54. The first-order valence-corrected chi connectivity index (χ1v) is 9.11. The maximum Gasteiger partial charge on any atom is 0.263 e. The number of fused-ring (bicyclic) bond motifs is 3. The molecule has 7 heteroatoms. The van der Waals surface area contributed by atoms with Crippen LogP contribution in [-0.2, 0) is 4.79 Å². The summed E-state index contributed by atoms with van der Waals surface area (Å²) in [6, 6.07) is 14.4. The summed E-state index contributed by atoms with van der Waals surface area (Å²) in [5, 5.41) is -0.0763. The van der Waals surface area contributed by atoms with Gasteiger partial charge in [0.15, 0.2) is 0 Å². The van der Waals surface area contributed by atoms with Gasteiger partial charge in [0.25, 0.3) is 11.8 Å². The van der Waals surface area contributed by atoms with Crippen molar-refractivity contribution in [3.8, 4) is 0 Å². The Morgan fingerprint density at radius 1 is 0.923 bits per heavy atom. The highest BCUT2D eigenvalue weighted by Gasteiger charge is 2.44. The minimum atomic E-state index is -0.369. The standard InChI is InChI=1S/C19H13N3O3S/c23-16-9-15-17(20-13-7-3-4-8-14(13)26-15)21(16)10-22-18(24)11-5-1-2-6-12(11)19(22)25/h1-8,15H,9-10H2/t15-/m0/s1. The van der Waals surface area contributed by atoms with Gasteiger partial charge in [-0.15, -0.1) is 11.8 Å². The average molecular weight is 363 g/mol. The number of carbonyl (C=O) groups is 3. The summed E-state index contributed by atoms with van der Waals surface area (Å²) in [5.41, 5.74) is 1.57. The van der Waals surface area contributed by atoms with E-state index in [0.29, 0.717) is 23.4 Å². The van der Waals surface area contributed by atoms with Crippen LogP contribution < -0.4 is 0 Å². The van der Waals surface area contributed by atoms with Crippen molar-refractivity contribution < 1.29 is 14.4 Å². The SMILES string of the molecule is O=C1C[C@@H]2Sc3ccccc3N=C2N1CN1C(=O)c2ccccc2C1=O. The van der Waals surface area contributed by atoms with Gasteiger partial charge in [0, 0.05) is 11.3 Å². The molecule has 0 saturated carbocycles. The Kier molecular flexibility index (Phi) is 3.27. The Morgan fingerprint density at radius 2 is 1.58 bits per heavy atom. The normalized spacial score (nSPS) is 20.8. The molecule has 2 aromatic rings. The fourth-order valence-corrected chi connectivity index (χ4v) is 4.68. The number of nitrogens with zero attached hydrogens (tertiary/aromatic N) is 3. The van der Waals surface area contributed by atoms with E-state index in [9.17, 15) is 14.4 Å². The third-order valence-corrected chi connectivity index (χ3v) is 6.02. The van der Waals surface area contributed by atoms with Crippen molar-refractivity contribution in [3.05, 3.63) is 59.7 Å². The number of thioether (sulfide) groups is 1. The highest BCUT2D eigenvalue weighted by Crippen LogP contribution is 2.42. The molecule has 3 amide bonds. The lowest BCUT2D eigenvalue weighted by atomic mass is 10.1. The molecule has 0 N–H and O–H groups in total. The molecule has 2 aromatic carbocycles. The number of imide groups is 1. The smallest absolute Gasteiger partial charge is 0.263 e. The molecule has 1 fully saturated rings. The van der Waals surface area contributed by atoms with E-state index in [4.69, 9.17) is 0 Å². The van der Waals surface area contributed by atoms with Crippen LogP contribution in [0.1, 0.15) is 27.1 Å². The largest absolute Gasteiger partial charge is 0.280 e. The van der Waals surface area contributed by atoms with Gasteiger partial charge in [0.1, 0.15) is 12.5 Å². The van der Waals surface area contributed by atoms with Crippen molar-refractivity contribution in [1.82, 2.24) is 9.80 Å². The van der Waals surface area contributed by atoms with E-state index in [-0.39, 0.29) is 29.6 Å². The summed E-state index contributed by atoms with van der Waals surface area (Å²) in [7, 11) is 0. The molecular formula is C19H13N3O3S. The predicted molar refractivity (Wildman–Crippen MR) is 96.5 cm³/mol. The van der Waals surface area contributed by atoms with Gasteiger partial charge < -0.3 is 0 Å². The summed E-state index contributed by atoms with van der Waals surface area (Å²) >= 11 is 1.60. The quantitative estimate of drug-likeness (QED) is 0.769. The van der Waals surface area contributed by atoms with Crippen LogP contribution in [0.15, 0.2) is 58.4 Å². The minimum absolute atomic E-state index is 0.0763. The van der Waals surface area contributed by atoms with Gasteiger partial charge in [0.2, 0.25) is 5.91 Å². The molecule has 0 spiro atoms. The van der Waals surface area contributed by atoms with Crippen molar-refractivity contribution in [2.24, 2.45) is 4.99 Å². The third kappa shape index (κ3) is 2.13. The number of para-hydroxylation sites is 1. The van der Waals surface area contributed by atoms with Gasteiger partial charge in [-0.05, 0) is 24.3 Å². The Balaban J connectivity index is 1.48. The molecule has 3 aliphatic rings. The first kappa shape index (κ1) is 15.3. The first-order valence-electron chi connectivity index (χ1n) is 8.23. The summed E-state index contributed by atoms with van der Waals surface area (Å²) in [5.74, 6) is -0.238. The number of amidine groups is 1. The number of aliphatic imine (C=N–C) groups is 1. The molecule has 6 nitrogen and oxygen atoms in total. The summed E-state index contributed by atoms with van der Waals surface area (Å²) in [6.45, 7) is -0.0940. The highest BCUT2D eigenvalue weighted by atomic mass is 32.2. The van der Waals surface area contributed by atoms with E-state index in [1.807, 2.05) is 24.3 Å². The van der Waals surface area contributed by atoms with Gasteiger partial charge in [-0.1, -0.05) is 24.3 Å². The van der Waals surface area contributed by atoms with Crippen LogP contribution in [0, 0.1) is 0 Å². The number of carbonyl (C=O) groups excluding carboxylic acids is 3. The van der Waals surface area contributed by atoms with Crippen molar-refractivity contribution in [1.29, 1.82) is 0 Å². The number of amides is 3. The van der Waals surface area contributed by atoms with E-state index in [1.165, 1.54) is 4.90 Å². The number of benzene rings is 2. The Hall–Kier alpha value is -2.93. The monoisotopic (exact) mass is 363 g/mol. The Morgan fingerprint density at radius 3 is 2.31 bits per heavy atom. The number of likely N-dealkylation sites (tertiary alicyclic amines) is 1. The lowest BCUT2D eigenvalue weighted by molar-refractivity contribution is -0.126. The second-order valence-corrected chi connectivity index (χ2v) is 7.54. The summed E-state index contributed by atoms with van der Waals surface area (Å²) in [6.07, 6.45) is 0.320. The lowest BCUT2D eigenvalue weighted by Gasteiger charge is -2.26. The highest BCUT2D eigenvalue weighted by molar-refractivity contribution is 8.01. The lowest BCUT2D eigenvalue weighted by Crippen LogP contribution is -2.44. The van der Waals surface area contributed by atoms with E-state index in [2.05, 4.69) is 4.99 Å². The Labute approximate surface area is 153 Å². The van der Waals surface area contributed by atoms with E-state index in [1.54, 1.807) is 36.0 Å². The molecule has 26 heavy (non-hydrogen) atoms.